The number of hydrogen-bond donors (Lipinski definition) is 1. The molecule has 3 rings (SSSR count). The van der Waals surface area contributed by atoms with Gasteiger partial charge in [-0.2, -0.15) is 0 Å². The molecule has 0 unspecified atom stereocenters. The summed E-state index contributed by atoms with van der Waals surface area (Å²) in [5.74, 6) is 0.890. The van der Waals surface area contributed by atoms with Gasteiger partial charge >= 0.3 is 0 Å². The van der Waals surface area contributed by atoms with Crippen molar-refractivity contribution in [3.63, 3.8) is 0 Å². The van der Waals surface area contributed by atoms with Crippen LogP contribution in [0.2, 0.25) is 5.02 Å². The second-order valence-corrected chi connectivity index (χ2v) is 5.56. The quantitative estimate of drug-likeness (QED) is 0.651. The Labute approximate surface area is 129 Å². The van der Waals surface area contributed by atoms with Crippen LogP contribution in [0.25, 0.3) is 22.3 Å². The zero-order chi connectivity index (χ0) is 14.7. The van der Waals surface area contributed by atoms with Gasteiger partial charge in [-0.1, -0.05) is 36.7 Å². The molecular weight excluding hydrogens is 282 g/mol. The maximum Gasteiger partial charge on any atom is 0.135 e. The predicted octanol–water partition coefficient (Wildman–Crippen LogP) is 5.25. The van der Waals surface area contributed by atoms with Crippen molar-refractivity contribution >= 4 is 22.6 Å². The molecule has 0 aliphatic carbocycles. The van der Waals surface area contributed by atoms with Gasteiger partial charge in [0, 0.05) is 22.5 Å². The van der Waals surface area contributed by atoms with Crippen molar-refractivity contribution in [2.75, 3.05) is 6.54 Å². The first kappa shape index (κ1) is 14.2. The SMILES string of the molecule is CCCNCc1cc(Cl)ccc1-c1cc2ccccc2o1. The standard InChI is InChI=1S/C18H18ClNO/c1-2-9-20-12-14-10-15(19)7-8-16(14)18-11-13-5-3-4-6-17(13)21-18/h3-8,10-11,20H,2,9,12H2,1H3. The number of halogens is 1. The van der Waals surface area contributed by atoms with Crippen LogP contribution < -0.4 is 5.32 Å². The van der Waals surface area contributed by atoms with Crippen molar-refractivity contribution in [1.82, 2.24) is 5.32 Å². The van der Waals surface area contributed by atoms with E-state index in [9.17, 15) is 0 Å². The summed E-state index contributed by atoms with van der Waals surface area (Å²) in [4.78, 5) is 0. The van der Waals surface area contributed by atoms with Gasteiger partial charge in [-0.05, 0) is 48.9 Å². The Morgan fingerprint density at radius 3 is 2.76 bits per heavy atom. The van der Waals surface area contributed by atoms with E-state index < -0.39 is 0 Å². The van der Waals surface area contributed by atoms with Crippen molar-refractivity contribution in [2.45, 2.75) is 19.9 Å². The minimum absolute atomic E-state index is 0.753. The first-order chi connectivity index (χ1) is 10.3. The Balaban J connectivity index is 1.99. The van der Waals surface area contributed by atoms with Gasteiger partial charge in [0.05, 0.1) is 0 Å². The molecule has 1 N–H and O–H groups in total. The lowest BCUT2D eigenvalue weighted by Crippen LogP contribution is -2.14. The van der Waals surface area contributed by atoms with Crippen molar-refractivity contribution in [1.29, 1.82) is 0 Å². The first-order valence-electron chi connectivity index (χ1n) is 7.26. The van der Waals surface area contributed by atoms with Crippen LogP contribution in [-0.2, 0) is 6.54 Å². The third-order valence-corrected chi connectivity index (χ3v) is 3.74. The minimum atomic E-state index is 0.753. The normalized spacial score (nSPS) is 11.1. The molecule has 108 valence electrons. The lowest BCUT2D eigenvalue weighted by Gasteiger charge is -2.09. The highest BCUT2D eigenvalue weighted by atomic mass is 35.5. The molecule has 3 heteroatoms. The van der Waals surface area contributed by atoms with Crippen LogP contribution in [0, 0.1) is 0 Å². The maximum absolute atomic E-state index is 6.14. The number of rotatable bonds is 5. The summed E-state index contributed by atoms with van der Waals surface area (Å²) in [5.41, 5.74) is 3.17. The second kappa shape index (κ2) is 6.33. The molecule has 0 amide bonds. The Bertz CT molecular complexity index is 715. The highest BCUT2D eigenvalue weighted by Gasteiger charge is 2.11. The number of para-hydroxylation sites is 1. The third kappa shape index (κ3) is 3.12. The summed E-state index contributed by atoms with van der Waals surface area (Å²) in [6, 6.07) is 16.1. The van der Waals surface area contributed by atoms with Gasteiger partial charge in [-0.3, -0.25) is 0 Å². The molecule has 21 heavy (non-hydrogen) atoms. The van der Waals surface area contributed by atoms with Gasteiger partial charge in [0.25, 0.3) is 0 Å². The van der Waals surface area contributed by atoms with Crippen molar-refractivity contribution in [3.05, 3.63) is 59.1 Å². The summed E-state index contributed by atoms with van der Waals surface area (Å²) >= 11 is 6.14. The minimum Gasteiger partial charge on any atom is -0.456 e. The number of benzene rings is 2. The molecule has 0 radical (unpaired) electrons. The van der Waals surface area contributed by atoms with E-state index in [0.717, 1.165) is 52.4 Å². The molecule has 0 atom stereocenters. The van der Waals surface area contributed by atoms with Gasteiger partial charge in [-0.25, -0.2) is 0 Å². The van der Waals surface area contributed by atoms with Gasteiger partial charge in [-0.15, -0.1) is 0 Å². The molecule has 0 aliphatic rings. The van der Waals surface area contributed by atoms with Gasteiger partial charge in [0.2, 0.25) is 0 Å². The predicted molar refractivity (Wildman–Crippen MR) is 88.7 cm³/mol. The molecule has 0 aliphatic heterocycles. The molecule has 0 saturated heterocycles. The van der Waals surface area contributed by atoms with Crippen molar-refractivity contribution < 1.29 is 4.42 Å². The molecule has 1 heterocycles. The largest absolute Gasteiger partial charge is 0.456 e. The topological polar surface area (TPSA) is 25.2 Å². The second-order valence-electron chi connectivity index (χ2n) is 5.13. The lowest BCUT2D eigenvalue weighted by molar-refractivity contribution is 0.627. The zero-order valence-electron chi connectivity index (χ0n) is 12.0. The lowest BCUT2D eigenvalue weighted by atomic mass is 10.0. The maximum atomic E-state index is 6.14. The van der Waals surface area contributed by atoms with Crippen molar-refractivity contribution in [3.8, 4) is 11.3 Å². The Hall–Kier alpha value is -1.77. The number of hydrogen-bond acceptors (Lipinski definition) is 2. The van der Waals surface area contributed by atoms with E-state index in [4.69, 9.17) is 16.0 Å². The van der Waals surface area contributed by atoms with Gasteiger partial charge < -0.3 is 9.73 Å². The fourth-order valence-corrected chi connectivity index (χ4v) is 2.66. The van der Waals surface area contributed by atoms with Crippen LogP contribution >= 0.6 is 11.6 Å². The van der Waals surface area contributed by atoms with E-state index in [-0.39, 0.29) is 0 Å². The molecule has 2 nitrogen and oxygen atoms in total. The van der Waals surface area contributed by atoms with Crippen LogP contribution in [0.4, 0.5) is 0 Å². The van der Waals surface area contributed by atoms with Gasteiger partial charge in [0.1, 0.15) is 11.3 Å². The fraction of sp³-hybridized carbons (Fsp3) is 0.222. The summed E-state index contributed by atoms with van der Waals surface area (Å²) in [7, 11) is 0. The number of nitrogens with one attached hydrogen (secondary N) is 1. The average Bonchev–Trinajstić information content (AvgIpc) is 2.91. The van der Waals surface area contributed by atoms with Crippen LogP contribution in [0.15, 0.2) is 52.9 Å². The number of furan rings is 1. The summed E-state index contributed by atoms with van der Waals surface area (Å²) in [6.07, 6.45) is 1.11. The molecule has 0 spiro atoms. The summed E-state index contributed by atoms with van der Waals surface area (Å²) in [6.45, 7) is 3.94. The van der Waals surface area contributed by atoms with E-state index in [1.165, 1.54) is 0 Å². The highest BCUT2D eigenvalue weighted by Crippen LogP contribution is 2.31. The van der Waals surface area contributed by atoms with E-state index >= 15 is 0 Å². The van der Waals surface area contributed by atoms with E-state index in [2.05, 4.69) is 24.4 Å². The van der Waals surface area contributed by atoms with Gasteiger partial charge in [0.15, 0.2) is 0 Å². The van der Waals surface area contributed by atoms with Crippen molar-refractivity contribution in [2.24, 2.45) is 0 Å². The molecule has 0 saturated carbocycles. The van der Waals surface area contributed by atoms with Crippen LogP contribution in [0.5, 0.6) is 0 Å². The highest BCUT2D eigenvalue weighted by molar-refractivity contribution is 6.30. The summed E-state index contributed by atoms with van der Waals surface area (Å²) in [5, 5.41) is 5.30. The number of fused-ring (bicyclic) bond motifs is 1. The molecular formula is C18H18ClNO. The Morgan fingerprint density at radius 1 is 1.10 bits per heavy atom. The van der Waals surface area contributed by atoms with E-state index in [1.54, 1.807) is 0 Å². The fourth-order valence-electron chi connectivity index (χ4n) is 2.46. The molecule has 0 bridgehead atoms. The van der Waals surface area contributed by atoms with Crippen LogP contribution in [0.3, 0.4) is 0 Å². The van der Waals surface area contributed by atoms with E-state index in [0.29, 0.717) is 0 Å². The average molecular weight is 300 g/mol. The Morgan fingerprint density at radius 2 is 1.95 bits per heavy atom. The molecule has 0 fully saturated rings. The molecule has 2 aromatic carbocycles. The Kier molecular flexibility index (Phi) is 4.28. The monoisotopic (exact) mass is 299 g/mol. The smallest absolute Gasteiger partial charge is 0.135 e. The zero-order valence-corrected chi connectivity index (χ0v) is 12.8. The first-order valence-corrected chi connectivity index (χ1v) is 7.64. The molecule has 3 aromatic rings. The summed E-state index contributed by atoms with van der Waals surface area (Å²) < 4.78 is 5.97. The van der Waals surface area contributed by atoms with Crippen LogP contribution in [-0.4, -0.2) is 6.54 Å². The van der Waals surface area contributed by atoms with Crippen LogP contribution in [0.1, 0.15) is 18.9 Å². The van der Waals surface area contributed by atoms with E-state index in [1.807, 2.05) is 36.4 Å². The third-order valence-electron chi connectivity index (χ3n) is 3.50. The molecule has 1 aromatic heterocycles.